The average Bonchev–Trinajstić information content (AvgIpc) is 3.03. The summed E-state index contributed by atoms with van der Waals surface area (Å²) in [5.74, 6) is -0.998. The average molecular weight is 679 g/mol. The highest BCUT2D eigenvalue weighted by Gasteiger charge is 2.14. The molecule has 0 aliphatic rings. The number of para-hydroxylation sites is 1. The van der Waals surface area contributed by atoms with Gasteiger partial charge < -0.3 is 38.9 Å². The van der Waals surface area contributed by atoms with Gasteiger partial charge in [0.05, 0.1) is 61.8 Å². The summed E-state index contributed by atoms with van der Waals surface area (Å²) in [5.41, 5.74) is 0.764. The van der Waals surface area contributed by atoms with E-state index in [-0.39, 0.29) is 103 Å². The maximum Gasteiger partial charge on any atom is 0.313 e. The van der Waals surface area contributed by atoms with Crippen LogP contribution in [-0.4, -0.2) is 68.5 Å². The second-order valence-electron chi connectivity index (χ2n) is 9.76. The van der Waals surface area contributed by atoms with Gasteiger partial charge in [-0.05, 0) is 23.8 Å². The molecule has 0 aliphatic carbocycles. The van der Waals surface area contributed by atoms with E-state index in [0.29, 0.717) is 13.2 Å². The molecule has 0 bridgehead atoms. The molecular formula is C32H37Cl2N3O9. The van der Waals surface area contributed by atoms with E-state index in [1.807, 2.05) is 30.3 Å². The Hall–Kier alpha value is -3.94. The number of pyridine rings is 1. The fraction of sp³-hybridized carbons (Fsp3) is 0.375. The number of rotatable bonds is 20. The van der Waals surface area contributed by atoms with Crippen LogP contribution in [0, 0.1) is 0 Å². The van der Waals surface area contributed by atoms with Crippen LogP contribution in [0.2, 0.25) is 10.0 Å². The van der Waals surface area contributed by atoms with Gasteiger partial charge in [-0.3, -0.25) is 19.2 Å². The number of hydrogen-bond acceptors (Lipinski definition) is 9. The number of aromatic nitrogens is 1. The van der Waals surface area contributed by atoms with Crippen molar-refractivity contribution >= 4 is 46.7 Å². The van der Waals surface area contributed by atoms with Crippen molar-refractivity contribution in [3.05, 3.63) is 86.8 Å². The number of halogens is 2. The molecule has 3 aromatic rings. The first-order chi connectivity index (χ1) is 22.2. The Balaban J connectivity index is 1.19. The summed E-state index contributed by atoms with van der Waals surface area (Å²) >= 11 is 11.9. The van der Waals surface area contributed by atoms with Gasteiger partial charge >= 0.3 is 5.97 Å². The Morgan fingerprint density at radius 1 is 0.739 bits per heavy atom. The van der Waals surface area contributed by atoms with Crippen molar-refractivity contribution in [2.24, 2.45) is 7.05 Å². The second-order valence-corrected chi connectivity index (χ2v) is 10.6. The Kier molecular flexibility index (Phi) is 16.1. The third-order valence-electron chi connectivity index (χ3n) is 6.20. The van der Waals surface area contributed by atoms with E-state index in [1.165, 1.54) is 10.8 Å². The molecule has 2 N–H and O–H groups in total. The maximum atomic E-state index is 12.6. The van der Waals surface area contributed by atoms with Crippen LogP contribution in [0.3, 0.4) is 0 Å². The van der Waals surface area contributed by atoms with Crippen LogP contribution in [0.4, 0.5) is 5.69 Å². The highest BCUT2D eigenvalue weighted by molar-refractivity contribution is 6.37. The minimum atomic E-state index is -0.518. The standard InChI is InChI=1S/C32H37Cl2N3O9/c1-37-15-11-26(31(32(37)41)45-22-23-6-3-2-4-7-23)36-28(39)10-14-35-27(38)12-16-42-18-20-44-21-19-43-17-13-29(40)46-30-24(33)8-5-9-25(30)34/h2-9,11,15H,10,12-14,16-22H2,1H3,(H,35,38)(H,36,39). The Morgan fingerprint density at radius 2 is 1.37 bits per heavy atom. The van der Waals surface area contributed by atoms with E-state index in [0.717, 1.165) is 5.56 Å². The molecule has 14 heteroatoms. The van der Waals surface area contributed by atoms with E-state index < -0.39 is 5.97 Å². The quantitative estimate of drug-likeness (QED) is 0.102. The largest absolute Gasteiger partial charge is 0.481 e. The highest BCUT2D eigenvalue weighted by atomic mass is 35.5. The Labute approximate surface area is 276 Å². The summed E-state index contributed by atoms with van der Waals surface area (Å²) in [4.78, 5) is 49.1. The van der Waals surface area contributed by atoms with Gasteiger partial charge in [0, 0.05) is 32.6 Å². The number of hydrogen-bond donors (Lipinski definition) is 2. The lowest BCUT2D eigenvalue weighted by Crippen LogP contribution is -2.29. The van der Waals surface area contributed by atoms with Crippen LogP contribution < -0.4 is 25.7 Å². The first-order valence-electron chi connectivity index (χ1n) is 14.6. The number of anilines is 1. The molecule has 248 valence electrons. The summed E-state index contributed by atoms with van der Waals surface area (Å²) in [7, 11) is 1.60. The lowest BCUT2D eigenvalue weighted by Gasteiger charge is -2.13. The van der Waals surface area contributed by atoms with Gasteiger partial charge in [-0.1, -0.05) is 59.6 Å². The summed E-state index contributed by atoms with van der Waals surface area (Å²) in [5, 5.41) is 5.85. The fourth-order valence-corrected chi connectivity index (χ4v) is 4.27. The lowest BCUT2D eigenvalue weighted by atomic mass is 10.2. The normalized spacial score (nSPS) is 10.8. The van der Waals surface area contributed by atoms with Crippen molar-refractivity contribution in [1.82, 2.24) is 9.88 Å². The summed E-state index contributed by atoms with van der Waals surface area (Å²) in [6, 6.07) is 15.8. The summed E-state index contributed by atoms with van der Waals surface area (Å²) in [6.07, 6.45) is 1.69. The van der Waals surface area contributed by atoms with Gasteiger partial charge in [-0.2, -0.15) is 0 Å². The summed E-state index contributed by atoms with van der Waals surface area (Å²) < 4.78 is 28.4. The van der Waals surface area contributed by atoms with Gasteiger partial charge in [0.15, 0.2) is 5.75 Å². The number of nitrogens with one attached hydrogen (secondary N) is 2. The fourth-order valence-electron chi connectivity index (χ4n) is 3.80. The number of carbonyl (C=O) groups is 3. The van der Waals surface area contributed by atoms with Gasteiger partial charge in [0.2, 0.25) is 17.6 Å². The zero-order valence-corrected chi connectivity index (χ0v) is 26.9. The number of nitrogens with zero attached hydrogens (tertiary/aromatic N) is 1. The van der Waals surface area contributed by atoms with Gasteiger partial charge in [0.1, 0.15) is 6.61 Å². The van der Waals surface area contributed by atoms with E-state index in [4.69, 9.17) is 46.9 Å². The lowest BCUT2D eigenvalue weighted by molar-refractivity contribution is -0.135. The molecule has 12 nitrogen and oxygen atoms in total. The highest BCUT2D eigenvalue weighted by Crippen LogP contribution is 2.32. The Bertz CT molecular complexity index is 1470. The van der Waals surface area contributed by atoms with Crippen LogP contribution in [0.25, 0.3) is 0 Å². The molecule has 1 aromatic heterocycles. The van der Waals surface area contributed by atoms with Gasteiger partial charge in [-0.25, -0.2) is 0 Å². The number of benzene rings is 2. The van der Waals surface area contributed by atoms with E-state index in [1.54, 1.807) is 31.3 Å². The molecule has 0 saturated heterocycles. The number of carbonyl (C=O) groups excluding carboxylic acids is 3. The van der Waals surface area contributed by atoms with Crippen molar-refractivity contribution in [2.45, 2.75) is 25.9 Å². The molecule has 0 spiro atoms. The van der Waals surface area contributed by atoms with Crippen LogP contribution in [0.1, 0.15) is 24.8 Å². The molecule has 0 aliphatic heterocycles. The minimum absolute atomic E-state index is 0.00670. The van der Waals surface area contributed by atoms with E-state index in [2.05, 4.69) is 10.6 Å². The topological polar surface area (TPSA) is 143 Å². The molecule has 2 amide bonds. The third kappa shape index (κ3) is 13.2. The molecule has 0 saturated carbocycles. The van der Waals surface area contributed by atoms with Crippen molar-refractivity contribution in [2.75, 3.05) is 51.5 Å². The molecule has 2 aromatic carbocycles. The molecule has 1 heterocycles. The number of esters is 1. The smallest absolute Gasteiger partial charge is 0.313 e. The van der Waals surface area contributed by atoms with Crippen molar-refractivity contribution < 1.29 is 38.1 Å². The predicted octanol–water partition coefficient (Wildman–Crippen LogP) is 4.15. The third-order valence-corrected chi connectivity index (χ3v) is 6.80. The molecule has 0 fully saturated rings. The van der Waals surface area contributed by atoms with Gasteiger partial charge in [-0.15, -0.1) is 0 Å². The van der Waals surface area contributed by atoms with E-state index in [9.17, 15) is 19.2 Å². The molecular weight excluding hydrogens is 641 g/mol. The number of aryl methyl sites for hydroxylation is 1. The first kappa shape index (κ1) is 36.5. The summed E-state index contributed by atoms with van der Waals surface area (Å²) in [6.45, 7) is 1.78. The van der Waals surface area contributed by atoms with Crippen LogP contribution in [0.15, 0.2) is 65.6 Å². The van der Waals surface area contributed by atoms with Crippen LogP contribution >= 0.6 is 23.2 Å². The zero-order chi connectivity index (χ0) is 33.1. The van der Waals surface area contributed by atoms with E-state index >= 15 is 0 Å². The Morgan fingerprint density at radius 3 is 2.04 bits per heavy atom. The van der Waals surface area contributed by atoms with Crippen molar-refractivity contribution in [3.63, 3.8) is 0 Å². The first-order valence-corrected chi connectivity index (χ1v) is 15.3. The maximum absolute atomic E-state index is 12.6. The molecule has 0 unspecified atom stereocenters. The molecule has 3 rings (SSSR count). The molecule has 0 atom stereocenters. The monoisotopic (exact) mass is 677 g/mol. The molecule has 46 heavy (non-hydrogen) atoms. The minimum Gasteiger partial charge on any atom is -0.481 e. The van der Waals surface area contributed by atoms with Crippen LogP contribution in [-0.2, 0) is 42.2 Å². The van der Waals surface area contributed by atoms with Crippen LogP contribution in [0.5, 0.6) is 11.5 Å². The van der Waals surface area contributed by atoms with Crippen molar-refractivity contribution in [1.29, 1.82) is 0 Å². The SMILES string of the molecule is Cn1ccc(NC(=O)CCNC(=O)CCOCCOCCOCCC(=O)Oc2c(Cl)cccc2Cl)c(OCc2ccccc2)c1=O. The second kappa shape index (κ2) is 20.2. The van der Waals surface area contributed by atoms with Crippen molar-refractivity contribution in [3.8, 4) is 11.5 Å². The number of amides is 2. The zero-order valence-electron chi connectivity index (χ0n) is 25.4. The van der Waals surface area contributed by atoms with Gasteiger partial charge in [0.25, 0.3) is 5.56 Å². The predicted molar refractivity (Wildman–Crippen MR) is 173 cm³/mol. The number of ether oxygens (including phenoxy) is 5. The molecule has 0 radical (unpaired) electrons.